The third-order valence-corrected chi connectivity index (χ3v) is 6.73. The Morgan fingerprint density at radius 3 is 2.72 bits per heavy atom. The van der Waals surface area contributed by atoms with E-state index in [1.165, 1.54) is 23.1 Å². The minimum absolute atomic E-state index is 0.0167. The Kier molecular flexibility index (Phi) is 6.50. The number of carbonyl (C=O) groups excluding carboxylic acids is 1. The van der Waals surface area contributed by atoms with E-state index in [9.17, 15) is 9.18 Å². The second-order valence-electron chi connectivity index (χ2n) is 9.39. The lowest BCUT2D eigenvalue weighted by Crippen LogP contribution is -2.03. The van der Waals surface area contributed by atoms with Crippen molar-refractivity contribution in [2.24, 2.45) is 7.05 Å². The first-order chi connectivity index (χ1) is 19.0. The number of ether oxygens (including phenoxy) is 1. The molecule has 0 atom stereocenters. The molecule has 0 aliphatic heterocycles. The van der Waals surface area contributed by atoms with Crippen LogP contribution in [0.2, 0.25) is 0 Å². The van der Waals surface area contributed by atoms with Crippen molar-refractivity contribution in [1.29, 1.82) is 0 Å². The maximum absolute atomic E-state index is 13.2. The van der Waals surface area contributed by atoms with E-state index in [2.05, 4.69) is 32.4 Å². The number of fused-ring (bicyclic) bond motifs is 2. The third kappa shape index (κ3) is 5.22. The molecular weight excluding hydrogens is 493 g/mol. The summed E-state index contributed by atoms with van der Waals surface area (Å²) in [5.41, 5.74) is 5.09. The molecular formula is C31H26FN5O2. The molecule has 0 amide bonds. The molecule has 194 valence electrons. The first-order valence-electron chi connectivity index (χ1n) is 12.7. The van der Waals surface area contributed by atoms with E-state index in [0.29, 0.717) is 29.6 Å². The van der Waals surface area contributed by atoms with Gasteiger partial charge in [0, 0.05) is 54.6 Å². The molecule has 0 unspecified atom stereocenters. The minimum atomic E-state index is -0.293. The highest BCUT2D eigenvalue weighted by Gasteiger charge is 2.13. The minimum Gasteiger partial charge on any atom is -0.457 e. The van der Waals surface area contributed by atoms with Crippen molar-refractivity contribution in [2.45, 2.75) is 19.3 Å². The van der Waals surface area contributed by atoms with Crippen LogP contribution >= 0.6 is 0 Å². The van der Waals surface area contributed by atoms with Crippen LogP contribution in [0.1, 0.15) is 28.9 Å². The van der Waals surface area contributed by atoms with Crippen LogP contribution in [0.5, 0.6) is 11.5 Å². The average molecular weight is 520 g/mol. The number of H-pyrrole nitrogens is 1. The van der Waals surface area contributed by atoms with Gasteiger partial charge in [-0.3, -0.25) is 9.78 Å². The normalized spacial score (nSPS) is 11.2. The first-order valence-corrected chi connectivity index (χ1v) is 12.7. The number of halogens is 1. The number of Topliss-reactive ketones (excluding diaryl/α,β-unsaturated/α-hetero) is 1. The van der Waals surface area contributed by atoms with E-state index in [1.807, 2.05) is 48.1 Å². The summed E-state index contributed by atoms with van der Waals surface area (Å²) in [5.74, 6) is 1.44. The molecule has 0 saturated carbocycles. The molecule has 3 aromatic heterocycles. The van der Waals surface area contributed by atoms with Crippen LogP contribution in [0.15, 0.2) is 91.3 Å². The Hall–Kier alpha value is -4.98. The van der Waals surface area contributed by atoms with Gasteiger partial charge in [0.15, 0.2) is 5.78 Å². The molecule has 2 N–H and O–H groups in total. The number of nitrogens with zero attached hydrogens (tertiary/aromatic N) is 3. The van der Waals surface area contributed by atoms with Crippen molar-refractivity contribution in [3.8, 4) is 11.5 Å². The molecule has 7 nitrogen and oxygen atoms in total. The van der Waals surface area contributed by atoms with Crippen LogP contribution in [0, 0.1) is 5.82 Å². The summed E-state index contributed by atoms with van der Waals surface area (Å²) in [4.78, 5) is 25.1. The van der Waals surface area contributed by atoms with Crippen molar-refractivity contribution < 1.29 is 13.9 Å². The van der Waals surface area contributed by atoms with E-state index >= 15 is 0 Å². The Bertz CT molecular complexity index is 1790. The number of carbonyl (C=O) groups is 1. The van der Waals surface area contributed by atoms with E-state index in [4.69, 9.17) is 4.74 Å². The predicted octanol–water partition coefficient (Wildman–Crippen LogP) is 7.33. The number of rotatable bonds is 9. The van der Waals surface area contributed by atoms with Gasteiger partial charge in [-0.15, -0.1) is 0 Å². The molecule has 0 fully saturated rings. The molecule has 0 spiro atoms. The second kappa shape index (κ2) is 10.4. The van der Waals surface area contributed by atoms with Crippen LogP contribution in [0.25, 0.3) is 21.9 Å². The van der Waals surface area contributed by atoms with Crippen LogP contribution in [0.3, 0.4) is 0 Å². The quantitative estimate of drug-likeness (QED) is 0.195. The third-order valence-electron chi connectivity index (χ3n) is 6.73. The zero-order valence-corrected chi connectivity index (χ0v) is 21.3. The highest BCUT2D eigenvalue weighted by molar-refractivity contribution is 5.94. The van der Waals surface area contributed by atoms with Crippen LogP contribution in [-0.2, 0) is 13.5 Å². The summed E-state index contributed by atoms with van der Waals surface area (Å²) in [7, 11) is 1.90. The van der Waals surface area contributed by atoms with E-state index < -0.39 is 0 Å². The number of aryl methyl sites for hydroxylation is 2. The standard InChI is InChI=1S/C31H26FN5O2/c1-37-29-14-13-23(17-27(29)36-31(37)35-22-11-9-21(32)10-12-22)39-24-15-16-33-28(18-24)30(38)8-4-5-20-19-34-26-7-3-2-6-25(20)26/h2-3,6-7,9-19,34H,4-5,8H2,1H3,(H,35,36). The number of ketones is 1. The highest BCUT2D eigenvalue weighted by atomic mass is 19.1. The van der Waals surface area contributed by atoms with Crippen molar-refractivity contribution in [1.82, 2.24) is 19.5 Å². The van der Waals surface area contributed by atoms with Gasteiger partial charge >= 0.3 is 0 Å². The van der Waals surface area contributed by atoms with Crippen molar-refractivity contribution in [2.75, 3.05) is 5.32 Å². The predicted molar refractivity (Wildman–Crippen MR) is 150 cm³/mol. The summed E-state index contributed by atoms with van der Waals surface area (Å²) < 4.78 is 21.2. The summed E-state index contributed by atoms with van der Waals surface area (Å²) in [6.07, 6.45) is 5.56. The maximum Gasteiger partial charge on any atom is 0.208 e. The number of aromatic nitrogens is 4. The molecule has 3 aromatic carbocycles. The molecule has 0 aliphatic carbocycles. The number of hydrogen-bond donors (Lipinski definition) is 2. The Labute approximate surface area is 224 Å². The van der Waals surface area contributed by atoms with Gasteiger partial charge in [-0.05, 0) is 66.9 Å². The molecule has 6 rings (SSSR count). The van der Waals surface area contributed by atoms with Crippen molar-refractivity contribution in [3.63, 3.8) is 0 Å². The smallest absolute Gasteiger partial charge is 0.208 e. The van der Waals surface area contributed by atoms with E-state index in [-0.39, 0.29) is 11.6 Å². The molecule has 0 saturated heterocycles. The largest absolute Gasteiger partial charge is 0.457 e. The zero-order valence-electron chi connectivity index (χ0n) is 21.3. The van der Waals surface area contributed by atoms with Crippen LogP contribution < -0.4 is 10.1 Å². The number of aromatic amines is 1. The number of nitrogens with one attached hydrogen (secondary N) is 2. The maximum atomic E-state index is 13.2. The Morgan fingerprint density at radius 1 is 1.03 bits per heavy atom. The van der Waals surface area contributed by atoms with Gasteiger partial charge in [-0.1, -0.05) is 18.2 Å². The zero-order chi connectivity index (χ0) is 26.8. The van der Waals surface area contributed by atoms with Gasteiger partial charge in [-0.2, -0.15) is 0 Å². The molecule has 8 heteroatoms. The molecule has 0 radical (unpaired) electrons. The Morgan fingerprint density at radius 2 is 1.85 bits per heavy atom. The van der Waals surface area contributed by atoms with Crippen molar-refractivity contribution in [3.05, 3.63) is 108 Å². The number of para-hydroxylation sites is 1. The molecule has 0 aliphatic rings. The monoisotopic (exact) mass is 519 g/mol. The van der Waals surface area contributed by atoms with E-state index in [1.54, 1.807) is 30.5 Å². The van der Waals surface area contributed by atoms with E-state index in [0.717, 1.165) is 35.1 Å². The number of hydrogen-bond acceptors (Lipinski definition) is 5. The Balaban J connectivity index is 1.12. The van der Waals surface area contributed by atoms with Gasteiger partial charge in [0.1, 0.15) is 23.0 Å². The van der Waals surface area contributed by atoms with Crippen molar-refractivity contribution >= 4 is 39.4 Å². The van der Waals surface area contributed by atoms with Crippen LogP contribution in [0.4, 0.5) is 16.0 Å². The number of imidazole rings is 1. The van der Waals surface area contributed by atoms with Gasteiger partial charge in [-0.25, -0.2) is 9.37 Å². The summed E-state index contributed by atoms with van der Waals surface area (Å²) >= 11 is 0. The van der Waals surface area contributed by atoms with Gasteiger partial charge < -0.3 is 19.6 Å². The molecule has 3 heterocycles. The van der Waals surface area contributed by atoms with Crippen LogP contribution in [-0.4, -0.2) is 25.3 Å². The topological polar surface area (TPSA) is 84.8 Å². The number of benzene rings is 3. The molecule has 39 heavy (non-hydrogen) atoms. The highest BCUT2D eigenvalue weighted by Crippen LogP contribution is 2.28. The van der Waals surface area contributed by atoms with Gasteiger partial charge in [0.25, 0.3) is 0 Å². The molecule has 0 bridgehead atoms. The van der Waals surface area contributed by atoms with Gasteiger partial charge in [0.2, 0.25) is 5.95 Å². The summed E-state index contributed by atoms with van der Waals surface area (Å²) in [5, 5.41) is 4.41. The fraction of sp³-hybridized carbons (Fsp3) is 0.129. The second-order valence-corrected chi connectivity index (χ2v) is 9.39. The molecule has 6 aromatic rings. The number of anilines is 2. The summed E-state index contributed by atoms with van der Waals surface area (Å²) in [6, 6.07) is 23.3. The average Bonchev–Trinajstić information content (AvgIpc) is 3.50. The number of pyridine rings is 1. The SMILES string of the molecule is Cn1c(Nc2ccc(F)cc2)nc2cc(Oc3ccnc(C(=O)CCCc4c[nH]c5ccccc45)c3)ccc21. The lowest BCUT2D eigenvalue weighted by atomic mass is 10.0. The first kappa shape index (κ1) is 24.4. The fourth-order valence-corrected chi connectivity index (χ4v) is 4.69. The lowest BCUT2D eigenvalue weighted by molar-refractivity contribution is 0.0975. The fourth-order valence-electron chi connectivity index (χ4n) is 4.69. The summed E-state index contributed by atoms with van der Waals surface area (Å²) in [6.45, 7) is 0. The van der Waals surface area contributed by atoms with Gasteiger partial charge in [0.05, 0.1) is 11.0 Å². The lowest BCUT2D eigenvalue weighted by Gasteiger charge is -2.07.